The number of nitrogens with zero attached hydrogens (tertiary/aromatic N) is 3. The molecule has 1 heterocycles. The highest BCUT2D eigenvalue weighted by molar-refractivity contribution is 6.35. The Hall–Kier alpha value is -2.09. The summed E-state index contributed by atoms with van der Waals surface area (Å²) >= 11 is 12.3. The van der Waals surface area contributed by atoms with E-state index in [1.807, 2.05) is 0 Å². The maximum Gasteiger partial charge on any atom is 0.257 e. The van der Waals surface area contributed by atoms with E-state index in [1.54, 1.807) is 43.2 Å². The normalized spacial score (nSPS) is 13.4. The summed E-state index contributed by atoms with van der Waals surface area (Å²) in [4.78, 5) is 26.5. The molecule has 7 nitrogen and oxygen atoms in total. The number of rotatable bonds is 9. The largest absolute Gasteiger partial charge is 0.385 e. The van der Waals surface area contributed by atoms with E-state index >= 15 is 0 Å². The molecular formula is C20H24Cl2N4O3. The molecule has 3 rings (SSSR count). The fourth-order valence-electron chi connectivity index (χ4n) is 3.11. The minimum absolute atomic E-state index is 0.0250. The molecule has 156 valence electrons. The van der Waals surface area contributed by atoms with Crippen LogP contribution in [-0.4, -0.2) is 60.3 Å². The molecule has 0 bridgehead atoms. The highest BCUT2D eigenvalue weighted by Gasteiger charge is 2.34. The number of nitrogens with one attached hydrogen (secondary N) is 1. The van der Waals surface area contributed by atoms with Crippen LogP contribution in [0.3, 0.4) is 0 Å². The van der Waals surface area contributed by atoms with Crippen LogP contribution in [0.1, 0.15) is 41.2 Å². The molecule has 1 fully saturated rings. The van der Waals surface area contributed by atoms with Gasteiger partial charge in [-0.15, -0.1) is 0 Å². The van der Waals surface area contributed by atoms with Gasteiger partial charge in [-0.2, -0.15) is 5.10 Å². The van der Waals surface area contributed by atoms with Crippen LogP contribution in [0.15, 0.2) is 24.4 Å². The summed E-state index contributed by atoms with van der Waals surface area (Å²) in [6.45, 7) is 1.06. The molecule has 1 aliphatic rings. The Bertz CT molecular complexity index is 896. The summed E-state index contributed by atoms with van der Waals surface area (Å²) < 4.78 is 6.66. The summed E-state index contributed by atoms with van der Waals surface area (Å²) in [7, 11) is 3.23. The fourth-order valence-corrected chi connectivity index (χ4v) is 3.60. The lowest BCUT2D eigenvalue weighted by atomic mass is 10.1. The third-order valence-electron chi connectivity index (χ3n) is 4.71. The summed E-state index contributed by atoms with van der Waals surface area (Å²) in [5.41, 5.74) is 2.00. The first-order chi connectivity index (χ1) is 13.9. The lowest BCUT2D eigenvalue weighted by molar-refractivity contribution is -0.121. The van der Waals surface area contributed by atoms with E-state index in [0.29, 0.717) is 34.4 Å². The summed E-state index contributed by atoms with van der Waals surface area (Å²) in [6, 6.07) is 5.18. The number of amides is 2. The third kappa shape index (κ3) is 5.29. The van der Waals surface area contributed by atoms with Gasteiger partial charge in [0.2, 0.25) is 5.91 Å². The Morgan fingerprint density at radius 1 is 1.34 bits per heavy atom. The monoisotopic (exact) mass is 438 g/mol. The maximum atomic E-state index is 13.0. The Labute approximate surface area is 179 Å². The molecule has 0 aliphatic heterocycles. The highest BCUT2D eigenvalue weighted by atomic mass is 35.5. The van der Waals surface area contributed by atoms with Gasteiger partial charge in [-0.25, -0.2) is 4.68 Å². The number of hydrogen-bond acceptors (Lipinski definition) is 4. The molecular weight excluding hydrogens is 415 g/mol. The number of methoxy groups -OCH3 is 1. The van der Waals surface area contributed by atoms with Crippen molar-refractivity contribution in [2.45, 2.75) is 25.2 Å². The molecule has 0 radical (unpaired) electrons. The molecule has 1 N–H and O–H groups in total. The van der Waals surface area contributed by atoms with Gasteiger partial charge in [0, 0.05) is 38.2 Å². The minimum Gasteiger partial charge on any atom is -0.385 e. The van der Waals surface area contributed by atoms with Crippen LogP contribution in [0, 0.1) is 0 Å². The van der Waals surface area contributed by atoms with E-state index in [1.165, 1.54) is 4.90 Å². The van der Waals surface area contributed by atoms with Crippen molar-refractivity contribution in [3.63, 3.8) is 0 Å². The second kappa shape index (κ2) is 9.61. The van der Waals surface area contributed by atoms with Crippen molar-refractivity contribution >= 4 is 35.0 Å². The van der Waals surface area contributed by atoms with Gasteiger partial charge in [0.05, 0.1) is 34.7 Å². The van der Waals surface area contributed by atoms with Crippen LogP contribution >= 0.6 is 23.2 Å². The number of carbonyl (C=O) groups excluding carboxylic acids is 2. The molecule has 1 aromatic carbocycles. The molecule has 1 saturated carbocycles. The van der Waals surface area contributed by atoms with Crippen LogP contribution in [-0.2, 0) is 9.53 Å². The second-order valence-electron chi connectivity index (χ2n) is 7.08. The quantitative estimate of drug-likeness (QED) is 0.609. The molecule has 1 aromatic heterocycles. The molecule has 0 saturated heterocycles. The minimum atomic E-state index is -0.240. The van der Waals surface area contributed by atoms with E-state index in [4.69, 9.17) is 27.9 Å². The number of benzene rings is 1. The molecule has 0 unspecified atom stereocenters. The van der Waals surface area contributed by atoms with Crippen LogP contribution in [0.2, 0.25) is 10.0 Å². The summed E-state index contributed by atoms with van der Waals surface area (Å²) in [5.74, 6) is -0.201. The molecule has 0 spiro atoms. The van der Waals surface area contributed by atoms with Crippen molar-refractivity contribution in [2.75, 3.05) is 33.9 Å². The number of ether oxygens (including phenoxy) is 1. The van der Waals surface area contributed by atoms with Crippen molar-refractivity contribution in [3.8, 4) is 5.69 Å². The second-order valence-corrected chi connectivity index (χ2v) is 7.93. The maximum absolute atomic E-state index is 13.0. The molecule has 2 amide bonds. The molecule has 1 aliphatic carbocycles. The van der Waals surface area contributed by atoms with Gasteiger partial charge < -0.3 is 15.0 Å². The van der Waals surface area contributed by atoms with Crippen molar-refractivity contribution in [2.24, 2.45) is 0 Å². The van der Waals surface area contributed by atoms with Crippen LogP contribution in [0.4, 0.5) is 0 Å². The van der Waals surface area contributed by atoms with Gasteiger partial charge in [-0.1, -0.05) is 23.2 Å². The van der Waals surface area contributed by atoms with Crippen molar-refractivity contribution in [1.29, 1.82) is 0 Å². The SMILES string of the molecule is COCCCNC(=O)CN(C)C(=O)c1cnn(-c2ccc(Cl)cc2Cl)c1C1CC1. The number of halogens is 2. The smallest absolute Gasteiger partial charge is 0.257 e. The lowest BCUT2D eigenvalue weighted by Crippen LogP contribution is -2.39. The third-order valence-corrected chi connectivity index (χ3v) is 5.25. The first-order valence-corrected chi connectivity index (χ1v) is 10.2. The van der Waals surface area contributed by atoms with Crippen LogP contribution in [0.5, 0.6) is 0 Å². The Morgan fingerprint density at radius 2 is 2.10 bits per heavy atom. The number of hydrogen-bond donors (Lipinski definition) is 1. The Kier molecular flexibility index (Phi) is 7.16. The number of aromatic nitrogens is 2. The first kappa shape index (κ1) is 21.6. The summed E-state index contributed by atoms with van der Waals surface area (Å²) in [5, 5.41) is 8.20. The first-order valence-electron chi connectivity index (χ1n) is 9.46. The highest BCUT2D eigenvalue weighted by Crippen LogP contribution is 2.43. The van der Waals surface area contributed by atoms with Gasteiger partial charge in [0.1, 0.15) is 0 Å². The van der Waals surface area contributed by atoms with Crippen LogP contribution in [0.25, 0.3) is 5.69 Å². The van der Waals surface area contributed by atoms with E-state index in [2.05, 4.69) is 10.4 Å². The average molecular weight is 439 g/mol. The molecule has 9 heteroatoms. The zero-order valence-electron chi connectivity index (χ0n) is 16.5. The van der Waals surface area contributed by atoms with Gasteiger partial charge in [0.15, 0.2) is 0 Å². The van der Waals surface area contributed by atoms with Crippen LogP contribution < -0.4 is 5.32 Å². The van der Waals surface area contributed by atoms with E-state index < -0.39 is 0 Å². The van der Waals surface area contributed by atoms with Gasteiger partial charge in [-0.3, -0.25) is 9.59 Å². The fraction of sp³-hybridized carbons (Fsp3) is 0.450. The zero-order chi connectivity index (χ0) is 21.0. The van der Waals surface area contributed by atoms with Gasteiger partial charge >= 0.3 is 0 Å². The summed E-state index contributed by atoms with van der Waals surface area (Å²) in [6.07, 6.45) is 4.25. The van der Waals surface area contributed by atoms with E-state index in [9.17, 15) is 9.59 Å². The molecule has 2 aromatic rings. The van der Waals surface area contributed by atoms with Gasteiger partial charge in [0.25, 0.3) is 5.91 Å². The van der Waals surface area contributed by atoms with Gasteiger partial charge in [-0.05, 0) is 37.5 Å². The average Bonchev–Trinajstić information content (AvgIpc) is 3.43. The zero-order valence-corrected chi connectivity index (χ0v) is 18.0. The predicted molar refractivity (Wildman–Crippen MR) is 112 cm³/mol. The predicted octanol–water partition coefficient (Wildman–Crippen LogP) is 3.28. The lowest BCUT2D eigenvalue weighted by Gasteiger charge is -2.17. The number of likely N-dealkylation sites (N-methyl/N-ethyl adjacent to an activating group) is 1. The Balaban J connectivity index is 1.76. The topological polar surface area (TPSA) is 76.5 Å². The van der Waals surface area contributed by atoms with Crippen molar-refractivity contribution in [1.82, 2.24) is 20.0 Å². The molecule has 0 atom stereocenters. The van der Waals surface area contributed by atoms with Crippen molar-refractivity contribution in [3.05, 3.63) is 45.7 Å². The Morgan fingerprint density at radius 3 is 2.76 bits per heavy atom. The van der Waals surface area contributed by atoms with Crippen molar-refractivity contribution < 1.29 is 14.3 Å². The van der Waals surface area contributed by atoms with E-state index in [0.717, 1.165) is 25.0 Å². The van der Waals surface area contributed by atoms with E-state index in [-0.39, 0.29) is 24.3 Å². The number of carbonyl (C=O) groups is 2. The standard InChI is InChI=1S/C20H24Cl2N4O3/c1-25(12-18(27)23-8-3-9-29-2)20(28)15-11-24-26(19(15)13-4-5-13)17-7-6-14(21)10-16(17)22/h6-7,10-11,13H,3-5,8-9,12H2,1-2H3,(H,23,27). The molecule has 29 heavy (non-hydrogen) atoms.